The number of Topliss-reactive ketones (excluding diaryl/α,β-unsaturated/α-hetero) is 2. The van der Waals surface area contributed by atoms with Crippen LogP contribution < -0.4 is 0 Å². The molecule has 0 unspecified atom stereocenters. The summed E-state index contributed by atoms with van der Waals surface area (Å²) in [5, 5.41) is 0. The minimum absolute atomic E-state index is 0.0664. The van der Waals surface area contributed by atoms with Gasteiger partial charge in [0.05, 0.1) is 0 Å². The summed E-state index contributed by atoms with van der Waals surface area (Å²) in [6.07, 6.45) is 2.37. The van der Waals surface area contributed by atoms with Gasteiger partial charge in [-0.05, 0) is 47.9 Å². The molecule has 0 aliphatic heterocycles. The van der Waals surface area contributed by atoms with Crippen LogP contribution in [-0.2, 0) is 0 Å². The fourth-order valence-electron chi connectivity index (χ4n) is 4.99. The van der Waals surface area contributed by atoms with E-state index in [2.05, 4.69) is 38.1 Å². The van der Waals surface area contributed by atoms with E-state index in [0.717, 1.165) is 27.8 Å². The quantitative estimate of drug-likeness (QED) is 0.161. The Morgan fingerprint density at radius 2 is 1.03 bits per heavy atom. The molecule has 0 saturated heterocycles. The largest absolute Gasteiger partial charge is 0.294 e. The summed E-state index contributed by atoms with van der Waals surface area (Å²) in [5.41, 5.74) is 6.85. The molecule has 2 heteroatoms. The fraction of sp³-hybridized carbons (Fsp3) is 0.222. The molecule has 0 fully saturated rings. The summed E-state index contributed by atoms with van der Waals surface area (Å²) >= 11 is 0. The van der Waals surface area contributed by atoms with Crippen LogP contribution in [0.5, 0.6) is 0 Å². The Bertz CT molecular complexity index is 1380. The van der Waals surface area contributed by atoms with E-state index in [1.807, 2.05) is 105 Å². The number of carbonyl (C=O) groups excluding carboxylic acids is 2. The van der Waals surface area contributed by atoms with Crippen molar-refractivity contribution in [1.29, 1.82) is 0 Å². The first-order valence-electron chi connectivity index (χ1n) is 13.4. The molecule has 0 saturated carbocycles. The maximum absolute atomic E-state index is 13.8. The number of allylic oxidation sites excluding steroid dienone is 2. The molecule has 0 N–H and O–H groups in total. The first-order valence-corrected chi connectivity index (χ1v) is 13.4. The molecule has 0 radical (unpaired) electrons. The highest BCUT2D eigenvalue weighted by molar-refractivity contribution is 6.01. The summed E-state index contributed by atoms with van der Waals surface area (Å²) in [4.78, 5) is 27.3. The molecular weight excluding hydrogens is 464 g/mol. The smallest absolute Gasteiger partial charge is 0.170 e. The van der Waals surface area contributed by atoms with Crippen LogP contribution in [0.3, 0.4) is 0 Å². The lowest BCUT2D eigenvalue weighted by Crippen LogP contribution is -2.29. The van der Waals surface area contributed by atoms with Gasteiger partial charge in [-0.1, -0.05) is 135 Å². The summed E-state index contributed by atoms with van der Waals surface area (Å²) in [6, 6.07) is 35.9. The molecule has 0 aromatic heterocycles. The van der Waals surface area contributed by atoms with E-state index in [9.17, 15) is 9.59 Å². The topological polar surface area (TPSA) is 34.1 Å². The van der Waals surface area contributed by atoms with E-state index >= 15 is 0 Å². The van der Waals surface area contributed by atoms with E-state index in [1.54, 1.807) is 0 Å². The van der Waals surface area contributed by atoms with Crippen molar-refractivity contribution in [2.75, 3.05) is 0 Å². The highest BCUT2D eigenvalue weighted by atomic mass is 16.1. The van der Waals surface area contributed by atoms with Gasteiger partial charge in [0.25, 0.3) is 0 Å². The van der Waals surface area contributed by atoms with Gasteiger partial charge in [0.1, 0.15) is 0 Å². The molecule has 0 aliphatic rings. The molecule has 4 aromatic rings. The van der Waals surface area contributed by atoms with Gasteiger partial charge >= 0.3 is 0 Å². The maximum Gasteiger partial charge on any atom is 0.170 e. The molecule has 192 valence electrons. The van der Waals surface area contributed by atoms with Crippen molar-refractivity contribution in [3.63, 3.8) is 0 Å². The van der Waals surface area contributed by atoms with Gasteiger partial charge in [0, 0.05) is 23.5 Å². The molecule has 0 heterocycles. The lowest BCUT2D eigenvalue weighted by molar-refractivity contribution is 0.0839. The van der Waals surface area contributed by atoms with Gasteiger partial charge in [-0.2, -0.15) is 0 Å². The molecular formula is C36H36O2. The second kappa shape index (κ2) is 12.5. The van der Waals surface area contributed by atoms with E-state index in [4.69, 9.17) is 0 Å². The number of hydrogen-bond donors (Lipinski definition) is 0. The number of rotatable bonds is 10. The Balaban J connectivity index is 1.56. The van der Waals surface area contributed by atoms with Crippen molar-refractivity contribution < 1.29 is 9.59 Å². The Morgan fingerprint density at radius 3 is 1.45 bits per heavy atom. The third kappa shape index (κ3) is 6.63. The average molecular weight is 501 g/mol. The van der Waals surface area contributed by atoms with E-state index in [1.165, 1.54) is 0 Å². The normalized spacial score (nSPS) is 12.6. The van der Waals surface area contributed by atoms with Crippen molar-refractivity contribution in [2.45, 2.75) is 34.1 Å². The van der Waals surface area contributed by atoms with Gasteiger partial charge in [0.2, 0.25) is 0 Å². The van der Waals surface area contributed by atoms with Crippen molar-refractivity contribution >= 4 is 11.6 Å². The Labute approximate surface area is 227 Å². The van der Waals surface area contributed by atoms with Crippen LogP contribution in [-0.4, -0.2) is 11.6 Å². The van der Waals surface area contributed by atoms with Crippen LogP contribution in [0.25, 0.3) is 22.3 Å². The van der Waals surface area contributed by atoms with E-state index in [0.29, 0.717) is 17.5 Å². The highest BCUT2D eigenvalue weighted by Crippen LogP contribution is 2.32. The molecule has 4 aromatic carbocycles. The van der Waals surface area contributed by atoms with Crippen LogP contribution >= 0.6 is 0 Å². The molecule has 2 atom stereocenters. The van der Waals surface area contributed by atoms with Crippen molar-refractivity contribution in [2.24, 2.45) is 17.8 Å². The first-order chi connectivity index (χ1) is 18.3. The van der Waals surface area contributed by atoms with Gasteiger partial charge in [-0.25, -0.2) is 0 Å². The fourth-order valence-corrected chi connectivity index (χ4v) is 4.99. The zero-order chi connectivity index (χ0) is 27.1. The molecule has 38 heavy (non-hydrogen) atoms. The second-order valence-corrected chi connectivity index (χ2v) is 10.6. The number of carbonyl (C=O) groups is 2. The monoisotopic (exact) mass is 500 g/mol. The summed E-state index contributed by atoms with van der Waals surface area (Å²) in [6.45, 7) is 8.24. The highest BCUT2D eigenvalue weighted by Gasteiger charge is 2.31. The molecule has 4 rings (SSSR count). The number of hydrogen-bond acceptors (Lipinski definition) is 2. The zero-order valence-corrected chi connectivity index (χ0v) is 22.7. The van der Waals surface area contributed by atoms with Crippen molar-refractivity contribution in [3.05, 3.63) is 132 Å². The minimum atomic E-state index is -0.366. The lowest BCUT2D eigenvalue weighted by atomic mass is 9.75. The van der Waals surface area contributed by atoms with Crippen LogP contribution in [0.2, 0.25) is 0 Å². The standard InChI is InChI=1S/C36H36O2/c1-25(2)23-34(36(38)32-21-17-30(18-22-32)28-13-9-6-10-14-28)33(26(3)4)24-35(37)31-19-15-29(16-20-31)27-11-7-5-8-12-27/h5-23,26,33-34H,24H2,1-4H3/t33-,34-/m0/s1. The van der Waals surface area contributed by atoms with Gasteiger partial charge in [-0.15, -0.1) is 0 Å². The maximum atomic E-state index is 13.8. The number of benzene rings is 4. The summed E-state index contributed by atoms with van der Waals surface area (Å²) < 4.78 is 0. The second-order valence-electron chi connectivity index (χ2n) is 10.6. The molecule has 0 spiro atoms. The van der Waals surface area contributed by atoms with Crippen LogP contribution in [0.4, 0.5) is 0 Å². The summed E-state index contributed by atoms with van der Waals surface area (Å²) in [7, 11) is 0. The average Bonchev–Trinajstić information content (AvgIpc) is 2.95. The number of ketones is 2. The Morgan fingerprint density at radius 1 is 0.605 bits per heavy atom. The predicted molar refractivity (Wildman–Crippen MR) is 158 cm³/mol. The zero-order valence-electron chi connectivity index (χ0n) is 22.7. The van der Waals surface area contributed by atoms with E-state index in [-0.39, 0.29) is 29.3 Å². The van der Waals surface area contributed by atoms with Gasteiger partial charge < -0.3 is 0 Å². The van der Waals surface area contributed by atoms with Crippen LogP contribution in [0, 0.1) is 17.8 Å². The molecule has 0 amide bonds. The van der Waals surface area contributed by atoms with Gasteiger partial charge in [0.15, 0.2) is 11.6 Å². The van der Waals surface area contributed by atoms with Gasteiger partial charge in [-0.3, -0.25) is 9.59 Å². The minimum Gasteiger partial charge on any atom is -0.294 e. The predicted octanol–water partition coefficient (Wildman–Crippen LogP) is 9.33. The third-order valence-corrected chi connectivity index (χ3v) is 7.14. The van der Waals surface area contributed by atoms with Crippen LogP contribution in [0.15, 0.2) is 121 Å². The SMILES string of the molecule is CC(C)=C[C@H](C(=O)c1ccc(-c2ccccc2)cc1)[C@@H](CC(=O)c1ccc(-c2ccccc2)cc1)C(C)C. The molecule has 0 bridgehead atoms. The summed E-state index contributed by atoms with van der Waals surface area (Å²) in [5.74, 6) is -0.169. The van der Waals surface area contributed by atoms with E-state index < -0.39 is 0 Å². The van der Waals surface area contributed by atoms with Crippen molar-refractivity contribution in [1.82, 2.24) is 0 Å². The third-order valence-electron chi connectivity index (χ3n) is 7.14. The Kier molecular flexibility index (Phi) is 8.86. The molecule has 2 nitrogen and oxygen atoms in total. The van der Waals surface area contributed by atoms with Crippen LogP contribution in [0.1, 0.15) is 54.8 Å². The lowest BCUT2D eigenvalue weighted by Gasteiger charge is -2.27. The first kappa shape index (κ1) is 27.0. The van der Waals surface area contributed by atoms with Crippen molar-refractivity contribution in [3.8, 4) is 22.3 Å². The Hall–Kier alpha value is -4.04. The molecule has 0 aliphatic carbocycles.